The van der Waals surface area contributed by atoms with E-state index in [0.717, 1.165) is 23.0 Å². The van der Waals surface area contributed by atoms with Crippen LogP contribution in [0.15, 0.2) is 18.5 Å². The van der Waals surface area contributed by atoms with E-state index in [9.17, 15) is 4.79 Å². The summed E-state index contributed by atoms with van der Waals surface area (Å²) in [5.74, 6) is 1.67. The number of carbonyl (C=O) groups excluding carboxylic acids is 1. The first-order valence-electron chi connectivity index (χ1n) is 5.42. The first kappa shape index (κ1) is 12.2. The molecule has 1 saturated heterocycles. The predicted molar refractivity (Wildman–Crippen MR) is 71.4 cm³/mol. The van der Waals surface area contributed by atoms with Gasteiger partial charge in [-0.05, 0) is 6.07 Å². The summed E-state index contributed by atoms with van der Waals surface area (Å²) in [6, 6.07) is 1.78. The van der Waals surface area contributed by atoms with Gasteiger partial charge in [0.1, 0.15) is 0 Å². The summed E-state index contributed by atoms with van der Waals surface area (Å²) in [6.07, 6.45) is 3.39. The minimum atomic E-state index is -0.102. The monoisotopic (exact) mass is 252 g/mol. The minimum absolute atomic E-state index is 0.00565. The average molecular weight is 252 g/mol. The number of carbonyl (C=O) groups is 1. The minimum Gasteiger partial charge on any atom is -0.376 e. The number of nitrogens with one attached hydrogen (secondary N) is 2. The van der Waals surface area contributed by atoms with E-state index in [1.165, 1.54) is 0 Å². The molecular formula is C11H16N4OS. The molecule has 0 spiro atoms. The van der Waals surface area contributed by atoms with Crippen molar-refractivity contribution in [1.82, 2.24) is 10.3 Å². The van der Waals surface area contributed by atoms with Crippen molar-refractivity contribution in [1.29, 1.82) is 0 Å². The standard InChI is InChI=1S/C11H16N4OS/c1-15(2)10-3-4-12-5-8(10)14-11(16)9-6-17-7-13-9/h3-5,9,13H,6-7H2,1-2H3,(H,14,16). The van der Waals surface area contributed by atoms with E-state index in [1.54, 1.807) is 24.2 Å². The number of nitrogens with zero attached hydrogens (tertiary/aromatic N) is 2. The van der Waals surface area contributed by atoms with Crippen molar-refractivity contribution in [3.63, 3.8) is 0 Å². The zero-order valence-electron chi connectivity index (χ0n) is 9.93. The van der Waals surface area contributed by atoms with Crippen LogP contribution >= 0.6 is 11.8 Å². The summed E-state index contributed by atoms with van der Waals surface area (Å²) in [4.78, 5) is 17.9. The van der Waals surface area contributed by atoms with Crippen LogP contribution in [-0.4, -0.2) is 42.7 Å². The quantitative estimate of drug-likeness (QED) is 0.831. The molecule has 1 aromatic heterocycles. The summed E-state index contributed by atoms with van der Waals surface area (Å²) >= 11 is 1.73. The fourth-order valence-electron chi connectivity index (χ4n) is 1.66. The predicted octanol–water partition coefficient (Wildman–Crippen LogP) is 0.749. The van der Waals surface area contributed by atoms with Crippen molar-refractivity contribution < 1.29 is 4.79 Å². The molecule has 6 heteroatoms. The molecule has 1 unspecified atom stereocenters. The van der Waals surface area contributed by atoms with Crippen LogP contribution in [0.2, 0.25) is 0 Å². The summed E-state index contributed by atoms with van der Waals surface area (Å²) in [7, 11) is 3.88. The smallest absolute Gasteiger partial charge is 0.242 e. The molecule has 0 aliphatic carbocycles. The van der Waals surface area contributed by atoms with Gasteiger partial charge in [-0.2, -0.15) is 0 Å². The highest BCUT2D eigenvalue weighted by Crippen LogP contribution is 2.22. The third-order valence-electron chi connectivity index (χ3n) is 2.57. The van der Waals surface area contributed by atoms with Gasteiger partial charge in [0, 0.05) is 31.9 Å². The Morgan fingerprint density at radius 3 is 3.12 bits per heavy atom. The Morgan fingerprint density at radius 1 is 1.65 bits per heavy atom. The first-order valence-corrected chi connectivity index (χ1v) is 6.57. The maximum Gasteiger partial charge on any atom is 0.242 e. The number of rotatable bonds is 3. The molecule has 1 aliphatic heterocycles. The maximum absolute atomic E-state index is 12.0. The fourth-order valence-corrected chi connectivity index (χ4v) is 2.60. The van der Waals surface area contributed by atoms with E-state index in [-0.39, 0.29) is 11.9 Å². The molecule has 2 heterocycles. The second-order valence-corrected chi connectivity index (χ2v) is 5.08. The van der Waals surface area contributed by atoms with Gasteiger partial charge < -0.3 is 10.2 Å². The van der Waals surface area contributed by atoms with Crippen LogP contribution in [0, 0.1) is 0 Å². The topological polar surface area (TPSA) is 57.3 Å². The average Bonchev–Trinajstić information content (AvgIpc) is 2.83. The number of pyridine rings is 1. The van der Waals surface area contributed by atoms with Crippen molar-refractivity contribution in [3.8, 4) is 0 Å². The van der Waals surface area contributed by atoms with Crippen LogP contribution in [0.4, 0.5) is 11.4 Å². The highest BCUT2D eigenvalue weighted by Gasteiger charge is 2.23. The molecule has 0 aromatic carbocycles. The number of anilines is 2. The molecule has 1 amide bonds. The lowest BCUT2D eigenvalue weighted by atomic mass is 10.2. The molecule has 0 radical (unpaired) electrons. The number of aromatic nitrogens is 1. The second kappa shape index (κ2) is 5.37. The Kier molecular flexibility index (Phi) is 3.86. The van der Waals surface area contributed by atoms with E-state index in [0.29, 0.717) is 0 Å². The molecule has 2 rings (SSSR count). The molecule has 5 nitrogen and oxygen atoms in total. The Labute approximate surface area is 105 Å². The molecule has 1 atom stereocenters. The van der Waals surface area contributed by atoms with Crippen molar-refractivity contribution in [3.05, 3.63) is 18.5 Å². The molecule has 1 aliphatic rings. The third-order valence-corrected chi connectivity index (χ3v) is 3.51. The van der Waals surface area contributed by atoms with Crippen LogP contribution in [0.1, 0.15) is 0 Å². The lowest BCUT2D eigenvalue weighted by Crippen LogP contribution is -2.37. The van der Waals surface area contributed by atoms with Gasteiger partial charge in [-0.3, -0.25) is 15.1 Å². The lowest BCUT2D eigenvalue weighted by Gasteiger charge is -2.18. The van der Waals surface area contributed by atoms with Crippen molar-refractivity contribution in [2.24, 2.45) is 0 Å². The number of amides is 1. The van der Waals surface area contributed by atoms with Crippen molar-refractivity contribution in [2.45, 2.75) is 6.04 Å². The van der Waals surface area contributed by atoms with E-state index >= 15 is 0 Å². The zero-order valence-corrected chi connectivity index (χ0v) is 10.8. The van der Waals surface area contributed by atoms with E-state index in [4.69, 9.17) is 0 Å². The van der Waals surface area contributed by atoms with Crippen molar-refractivity contribution >= 4 is 29.0 Å². The molecule has 0 bridgehead atoms. The second-order valence-electron chi connectivity index (χ2n) is 4.05. The highest BCUT2D eigenvalue weighted by atomic mass is 32.2. The van der Waals surface area contributed by atoms with Crippen LogP contribution in [0.5, 0.6) is 0 Å². The number of thioether (sulfide) groups is 1. The molecule has 0 saturated carbocycles. The third kappa shape index (κ3) is 2.89. The fraction of sp³-hybridized carbons (Fsp3) is 0.455. The van der Waals surface area contributed by atoms with Gasteiger partial charge in [0.15, 0.2) is 0 Å². The summed E-state index contributed by atoms with van der Waals surface area (Å²) < 4.78 is 0. The summed E-state index contributed by atoms with van der Waals surface area (Å²) in [6.45, 7) is 0. The summed E-state index contributed by atoms with van der Waals surface area (Å²) in [5, 5.41) is 6.06. The molecular weight excluding hydrogens is 236 g/mol. The molecule has 1 aromatic rings. The Morgan fingerprint density at radius 2 is 2.47 bits per heavy atom. The zero-order chi connectivity index (χ0) is 12.3. The molecule has 1 fully saturated rings. The van der Waals surface area contributed by atoms with Crippen molar-refractivity contribution in [2.75, 3.05) is 35.9 Å². The largest absolute Gasteiger partial charge is 0.376 e. The van der Waals surface area contributed by atoms with Crippen LogP contribution < -0.4 is 15.5 Å². The van der Waals surface area contributed by atoms with Crippen LogP contribution in [-0.2, 0) is 4.79 Å². The molecule has 92 valence electrons. The van der Waals surface area contributed by atoms with Gasteiger partial charge in [0.2, 0.25) is 5.91 Å². The molecule has 17 heavy (non-hydrogen) atoms. The number of hydrogen-bond acceptors (Lipinski definition) is 5. The lowest BCUT2D eigenvalue weighted by molar-refractivity contribution is -0.117. The van der Waals surface area contributed by atoms with E-state index < -0.39 is 0 Å². The first-order chi connectivity index (χ1) is 8.18. The van der Waals surface area contributed by atoms with Gasteiger partial charge >= 0.3 is 0 Å². The van der Waals surface area contributed by atoms with Gasteiger partial charge in [-0.25, -0.2) is 0 Å². The Balaban J connectivity index is 2.09. The maximum atomic E-state index is 12.0. The van der Waals surface area contributed by atoms with Gasteiger partial charge in [0.05, 0.1) is 23.6 Å². The van der Waals surface area contributed by atoms with Gasteiger partial charge in [0.25, 0.3) is 0 Å². The van der Waals surface area contributed by atoms with E-state index in [1.807, 2.05) is 25.1 Å². The normalized spacial score (nSPS) is 19.1. The number of hydrogen-bond donors (Lipinski definition) is 2. The Hall–Kier alpha value is -1.27. The molecule has 2 N–H and O–H groups in total. The van der Waals surface area contributed by atoms with Gasteiger partial charge in [-0.15, -0.1) is 11.8 Å². The summed E-state index contributed by atoms with van der Waals surface area (Å²) in [5.41, 5.74) is 1.71. The highest BCUT2D eigenvalue weighted by molar-refractivity contribution is 7.99. The Bertz CT molecular complexity index is 404. The SMILES string of the molecule is CN(C)c1ccncc1NC(=O)C1CSCN1. The van der Waals surface area contributed by atoms with Crippen LogP contribution in [0.25, 0.3) is 0 Å². The van der Waals surface area contributed by atoms with Crippen LogP contribution in [0.3, 0.4) is 0 Å². The van der Waals surface area contributed by atoms with Gasteiger partial charge in [-0.1, -0.05) is 0 Å². The van der Waals surface area contributed by atoms with E-state index in [2.05, 4.69) is 15.6 Å².